The average Bonchev–Trinajstić information content (AvgIpc) is 3.03. The smallest absolute Gasteiger partial charge is 0.228 e. The highest BCUT2D eigenvalue weighted by molar-refractivity contribution is 5.95. The van der Waals surface area contributed by atoms with E-state index in [0.717, 1.165) is 54.3 Å². The summed E-state index contributed by atoms with van der Waals surface area (Å²) in [4.78, 5) is 15.1. The first-order valence-electron chi connectivity index (χ1n) is 10.5. The number of hydrogen-bond acceptors (Lipinski definition) is 3. The third-order valence-corrected chi connectivity index (χ3v) is 5.71. The van der Waals surface area contributed by atoms with Gasteiger partial charge in [0.05, 0.1) is 29.2 Å². The van der Waals surface area contributed by atoms with Crippen molar-refractivity contribution >= 4 is 17.3 Å². The first-order chi connectivity index (χ1) is 14.5. The number of hydrogen-bond donors (Lipinski definition) is 1. The number of nitrogens with zero attached hydrogens (tertiary/aromatic N) is 3. The first kappa shape index (κ1) is 20.1. The SMILES string of the molecule is Cc1nn(-c2ccccc2)c(C)c1CC(=O)Nc1cc(F)ccc1N1CCCCC1. The molecule has 1 aliphatic rings. The number of piperidine rings is 1. The molecule has 1 aromatic heterocycles. The van der Waals surface area contributed by atoms with Gasteiger partial charge in [-0.15, -0.1) is 0 Å². The quantitative estimate of drug-likeness (QED) is 0.662. The highest BCUT2D eigenvalue weighted by Gasteiger charge is 2.19. The van der Waals surface area contributed by atoms with Gasteiger partial charge in [0.15, 0.2) is 0 Å². The maximum atomic E-state index is 13.9. The third-order valence-electron chi connectivity index (χ3n) is 5.71. The fourth-order valence-corrected chi connectivity index (χ4v) is 4.13. The summed E-state index contributed by atoms with van der Waals surface area (Å²) < 4.78 is 15.8. The van der Waals surface area contributed by atoms with E-state index in [1.165, 1.54) is 18.6 Å². The maximum Gasteiger partial charge on any atom is 0.228 e. The van der Waals surface area contributed by atoms with Crippen LogP contribution < -0.4 is 10.2 Å². The number of anilines is 2. The van der Waals surface area contributed by atoms with Gasteiger partial charge in [-0.1, -0.05) is 18.2 Å². The third kappa shape index (κ3) is 4.22. The summed E-state index contributed by atoms with van der Waals surface area (Å²) in [6, 6.07) is 14.5. The maximum absolute atomic E-state index is 13.9. The lowest BCUT2D eigenvalue weighted by molar-refractivity contribution is -0.115. The van der Waals surface area contributed by atoms with E-state index in [1.54, 1.807) is 6.07 Å². The Morgan fingerprint density at radius 2 is 1.80 bits per heavy atom. The molecule has 2 heterocycles. The molecule has 156 valence electrons. The van der Waals surface area contributed by atoms with E-state index in [4.69, 9.17) is 0 Å². The number of aromatic nitrogens is 2. The van der Waals surface area contributed by atoms with Crippen LogP contribution in [0.15, 0.2) is 48.5 Å². The molecule has 0 spiro atoms. The van der Waals surface area contributed by atoms with Crippen molar-refractivity contribution < 1.29 is 9.18 Å². The minimum Gasteiger partial charge on any atom is -0.370 e. The zero-order valence-electron chi connectivity index (χ0n) is 17.5. The number of carbonyl (C=O) groups excluding carboxylic acids is 1. The van der Waals surface area contributed by atoms with Crippen molar-refractivity contribution in [1.82, 2.24) is 9.78 Å². The molecule has 1 N–H and O–H groups in total. The zero-order chi connectivity index (χ0) is 21.1. The summed E-state index contributed by atoms with van der Waals surface area (Å²) >= 11 is 0. The largest absolute Gasteiger partial charge is 0.370 e. The summed E-state index contributed by atoms with van der Waals surface area (Å²) in [5.74, 6) is -0.520. The van der Waals surface area contributed by atoms with Crippen molar-refractivity contribution in [2.24, 2.45) is 0 Å². The molecule has 1 fully saturated rings. The molecule has 1 aliphatic heterocycles. The second-order valence-electron chi connectivity index (χ2n) is 7.83. The Labute approximate surface area is 176 Å². The van der Waals surface area contributed by atoms with Crippen molar-refractivity contribution in [3.05, 3.63) is 71.3 Å². The number of rotatable bonds is 5. The van der Waals surface area contributed by atoms with Gasteiger partial charge < -0.3 is 10.2 Å². The van der Waals surface area contributed by atoms with Gasteiger partial charge in [0.1, 0.15) is 5.82 Å². The van der Waals surface area contributed by atoms with Crippen LogP contribution in [-0.4, -0.2) is 28.8 Å². The molecule has 0 saturated carbocycles. The number of nitrogens with one attached hydrogen (secondary N) is 1. The van der Waals surface area contributed by atoms with Gasteiger partial charge in [-0.3, -0.25) is 4.79 Å². The Morgan fingerprint density at radius 3 is 2.53 bits per heavy atom. The van der Waals surface area contributed by atoms with Gasteiger partial charge >= 0.3 is 0 Å². The van der Waals surface area contributed by atoms with Crippen molar-refractivity contribution in [3.8, 4) is 5.69 Å². The Morgan fingerprint density at radius 1 is 1.07 bits per heavy atom. The number of aryl methyl sites for hydroxylation is 1. The van der Waals surface area contributed by atoms with Crippen LogP contribution in [0.25, 0.3) is 5.69 Å². The molecule has 5 nitrogen and oxygen atoms in total. The Hall–Kier alpha value is -3.15. The molecule has 6 heteroatoms. The lowest BCUT2D eigenvalue weighted by Crippen LogP contribution is -2.30. The lowest BCUT2D eigenvalue weighted by Gasteiger charge is -2.30. The Kier molecular flexibility index (Phi) is 5.84. The van der Waals surface area contributed by atoms with Gasteiger partial charge in [0.2, 0.25) is 5.91 Å². The second kappa shape index (κ2) is 8.69. The van der Waals surface area contributed by atoms with E-state index in [0.29, 0.717) is 5.69 Å². The molecule has 30 heavy (non-hydrogen) atoms. The number of carbonyl (C=O) groups is 1. The number of para-hydroxylation sites is 1. The molecule has 0 atom stereocenters. The van der Waals surface area contributed by atoms with E-state index >= 15 is 0 Å². The molecule has 2 aromatic carbocycles. The van der Waals surface area contributed by atoms with Gasteiger partial charge in [0, 0.05) is 24.3 Å². The van der Waals surface area contributed by atoms with Crippen LogP contribution >= 0.6 is 0 Å². The fourth-order valence-electron chi connectivity index (χ4n) is 4.13. The van der Waals surface area contributed by atoms with Crippen LogP contribution in [0.1, 0.15) is 36.2 Å². The predicted molar refractivity (Wildman–Crippen MR) is 118 cm³/mol. The number of amides is 1. The normalized spacial score (nSPS) is 14.0. The zero-order valence-corrected chi connectivity index (χ0v) is 17.5. The van der Waals surface area contributed by atoms with Crippen LogP contribution in [0, 0.1) is 19.7 Å². The van der Waals surface area contributed by atoms with E-state index in [1.807, 2.05) is 48.9 Å². The van der Waals surface area contributed by atoms with E-state index in [9.17, 15) is 9.18 Å². The Balaban J connectivity index is 1.55. The van der Waals surface area contributed by atoms with Crippen molar-refractivity contribution in [2.75, 3.05) is 23.3 Å². The first-order valence-corrected chi connectivity index (χ1v) is 10.5. The topological polar surface area (TPSA) is 50.2 Å². The Bertz CT molecular complexity index is 1040. The predicted octanol–water partition coefficient (Wildman–Crippen LogP) is 4.80. The molecular weight excluding hydrogens is 379 g/mol. The lowest BCUT2D eigenvalue weighted by atomic mass is 10.1. The van der Waals surface area contributed by atoms with Gasteiger partial charge in [-0.2, -0.15) is 5.10 Å². The van der Waals surface area contributed by atoms with Crippen LogP contribution in [0.3, 0.4) is 0 Å². The molecule has 1 amide bonds. The van der Waals surface area contributed by atoms with Crippen molar-refractivity contribution in [1.29, 1.82) is 0 Å². The fraction of sp³-hybridized carbons (Fsp3) is 0.333. The van der Waals surface area contributed by atoms with Crippen LogP contribution in [0.4, 0.5) is 15.8 Å². The van der Waals surface area contributed by atoms with Gasteiger partial charge in [-0.05, 0) is 63.4 Å². The van der Waals surface area contributed by atoms with Gasteiger partial charge in [0.25, 0.3) is 0 Å². The molecular formula is C24H27FN4O. The minimum atomic E-state index is -0.352. The molecule has 3 aromatic rings. The molecule has 1 saturated heterocycles. The van der Waals surface area contributed by atoms with Crippen LogP contribution in [-0.2, 0) is 11.2 Å². The molecule has 0 aliphatic carbocycles. The van der Waals surface area contributed by atoms with Crippen LogP contribution in [0.2, 0.25) is 0 Å². The molecule has 4 rings (SSSR count). The monoisotopic (exact) mass is 406 g/mol. The van der Waals surface area contributed by atoms with Crippen LogP contribution in [0.5, 0.6) is 0 Å². The van der Waals surface area contributed by atoms with Gasteiger partial charge in [-0.25, -0.2) is 9.07 Å². The highest BCUT2D eigenvalue weighted by Crippen LogP contribution is 2.30. The van der Waals surface area contributed by atoms with Crippen molar-refractivity contribution in [3.63, 3.8) is 0 Å². The highest BCUT2D eigenvalue weighted by atomic mass is 19.1. The summed E-state index contributed by atoms with van der Waals surface area (Å²) in [5.41, 5.74) is 5.03. The minimum absolute atomic E-state index is 0.169. The van der Waals surface area contributed by atoms with Crippen molar-refractivity contribution in [2.45, 2.75) is 39.5 Å². The molecule has 0 unspecified atom stereocenters. The molecule has 0 radical (unpaired) electrons. The summed E-state index contributed by atoms with van der Waals surface area (Å²) in [6.45, 7) is 5.74. The summed E-state index contributed by atoms with van der Waals surface area (Å²) in [7, 11) is 0. The summed E-state index contributed by atoms with van der Waals surface area (Å²) in [6.07, 6.45) is 3.63. The summed E-state index contributed by atoms with van der Waals surface area (Å²) in [5, 5.41) is 7.56. The number of benzene rings is 2. The average molecular weight is 407 g/mol. The standard InChI is InChI=1S/C24H27FN4O/c1-17-21(18(2)29(27-17)20-9-5-3-6-10-20)16-24(30)26-22-15-19(25)11-12-23(22)28-13-7-4-8-14-28/h3,5-6,9-12,15H,4,7-8,13-14,16H2,1-2H3,(H,26,30). The van der Waals surface area contributed by atoms with E-state index < -0.39 is 0 Å². The number of halogens is 1. The molecule has 0 bridgehead atoms. The van der Waals surface area contributed by atoms with E-state index in [2.05, 4.69) is 15.3 Å². The second-order valence-corrected chi connectivity index (χ2v) is 7.83. The van der Waals surface area contributed by atoms with E-state index in [-0.39, 0.29) is 18.1 Å².